The van der Waals surface area contributed by atoms with Crippen molar-refractivity contribution in [3.8, 4) is 28.5 Å². The maximum atomic E-state index is 13.6. The molecule has 8 nitrogen and oxygen atoms in total. The van der Waals surface area contributed by atoms with Gasteiger partial charge in [-0.25, -0.2) is 0 Å². The molecule has 1 unspecified atom stereocenters. The Labute approximate surface area is 213 Å². The molecule has 1 aliphatic rings. The highest BCUT2D eigenvalue weighted by Crippen LogP contribution is 2.46. The summed E-state index contributed by atoms with van der Waals surface area (Å²) in [7, 11) is 1.59. The zero-order valence-electron chi connectivity index (χ0n) is 20.0. The summed E-state index contributed by atoms with van der Waals surface area (Å²) >= 11 is 6.23. The Morgan fingerprint density at radius 1 is 1.19 bits per heavy atom. The highest BCUT2D eigenvalue weighted by molar-refractivity contribution is 6.31. The number of halogens is 1. The van der Waals surface area contributed by atoms with E-state index in [2.05, 4.69) is 17.1 Å². The van der Waals surface area contributed by atoms with Crippen molar-refractivity contribution in [1.29, 1.82) is 0 Å². The van der Waals surface area contributed by atoms with Crippen LogP contribution in [-0.4, -0.2) is 39.8 Å². The van der Waals surface area contributed by atoms with E-state index in [1.807, 2.05) is 24.3 Å². The molecule has 2 N–H and O–H groups in total. The number of unbranched alkanes of at least 4 members (excludes halogenated alkanes) is 1. The van der Waals surface area contributed by atoms with Crippen molar-refractivity contribution in [1.82, 2.24) is 15.1 Å². The number of nitrogens with one attached hydrogen (secondary N) is 1. The number of aromatic nitrogens is 2. The molecule has 0 spiro atoms. The van der Waals surface area contributed by atoms with Gasteiger partial charge in [0.1, 0.15) is 22.9 Å². The van der Waals surface area contributed by atoms with Crippen LogP contribution in [0.5, 0.6) is 17.2 Å². The lowest BCUT2D eigenvalue weighted by Gasteiger charge is -2.26. The van der Waals surface area contributed by atoms with Crippen LogP contribution in [-0.2, 0) is 6.54 Å². The second kappa shape index (κ2) is 9.99. The molecule has 3 heterocycles. The van der Waals surface area contributed by atoms with Crippen LogP contribution in [0.15, 0.2) is 59.2 Å². The lowest BCUT2D eigenvalue weighted by Crippen LogP contribution is -2.29. The maximum absolute atomic E-state index is 13.6. The molecule has 1 amide bonds. The number of aromatic amines is 1. The number of ether oxygens (including phenoxy) is 2. The van der Waals surface area contributed by atoms with Gasteiger partial charge in [0.05, 0.1) is 32.6 Å². The van der Waals surface area contributed by atoms with Gasteiger partial charge in [-0.1, -0.05) is 31.0 Å². The number of H-pyrrole nitrogens is 1. The zero-order valence-corrected chi connectivity index (χ0v) is 20.7. The van der Waals surface area contributed by atoms with E-state index in [1.54, 1.807) is 36.5 Å². The maximum Gasteiger partial charge on any atom is 0.273 e. The average molecular weight is 508 g/mol. The van der Waals surface area contributed by atoms with E-state index in [1.165, 1.54) is 6.07 Å². The number of nitrogens with zero attached hydrogens (tertiary/aromatic N) is 2. The van der Waals surface area contributed by atoms with Crippen LogP contribution in [0.1, 0.15) is 53.2 Å². The molecule has 36 heavy (non-hydrogen) atoms. The molecule has 2 aromatic heterocycles. The number of hydrogen-bond acceptors (Lipinski definition) is 6. The van der Waals surface area contributed by atoms with E-state index in [0.717, 1.165) is 18.4 Å². The van der Waals surface area contributed by atoms with Gasteiger partial charge in [-0.3, -0.25) is 9.89 Å². The summed E-state index contributed by atoms with van der Waals surface area (Å²) in [4.78, 5) is 15.3. The number of amides is 1. The minimum absolute atomic E-state index is 0.0154. The van der Waals surface area contributed by atoms with Gasteiger partial charge in [0.15, 0.2) is 11.5 Å². The number of methoxy groups -OCH3 is 1. The summed E-state index contributed by atoms with van der Waals surface area (Å²) in [5.41, 5.74) is 2.68. The quantitative estimate of drug-likeness (QED) is 0.271. The second-order valence-electron chi connectivity index (χ2n) is 8.55. The molecule has 4 aromatic rings. The Bertz CT molecular complexity index is 1380. The summed E-state index contributed by atoms with van der Waals surface area (Å²) in [5.74, 6) is 1.63. The number of phenols is 1. The minimum Gasteiger partial charge on any atom is -0.507 e. The topological polar surface area (TPSA) is 101 Å². The Kier molecular flexibility index (Phi) is 6.61. The van der Waals surface area contributed by atoms with Gasteiger partial charge in [-0.15, -0.1) is 0 Å². The van der Waals surface area contributed by atoms with Gasteiger partial charge in [-0.2, -0.15) is 5.10 Å². The first-order valence-corrected chi connectivity index (χ1v) is 12.1. The van der Waals surface area contributed by atoms with Crippen molar-refractivity contribution in [3.05, 3.63) is 82.4 Å². The normalized spacial score (nSPS) is 14.8. The third-order valence-corrected chi connectivity index (χ3v) is 6.48. The molecule has 0 saturated carbocycles. The number of aromatic hydroxyl groups is 1. The zero-order chi connectivity index (χ0) is 25.2. The Morgan fingerprint density at radius 2 is 2.06 bits per heavy atom. The van der Waals surface area contributed by atoms with Crippen LogP contribution in [0.3, 0.4) is 0 Å². The van der Waals surface area contributed by atoms with E-state index < -0.39 is 6.04 Å². The molecule has 0 saturated heterocycles. The van der Waals surface area contributed by atoms with Crippen LogP contribution in [0.25, 0.3) is 11.3 Å². The highest BCUT2D eigenvalue weighted by atomic mass is 35.5. The molecule has 0 bridgehead atoms. The van der Waals surface area contributed by atoms with Gasteiger partial charge in [0.2, 0.25) is 0 Å². The number of furan rings is 1. The fraction of sp³-hybridized carbons (Fsp3) is 0.259. The number of hydrogen-bond donors (Lipinski definition) is 2. The van der Waals surface area contributed by atoms with Crippen LogP contribution >= 0.6 is 11.6 Å². The number of fused-ring (bicyclic) bond motifs is 1. The van der Waals surface area contributed by atoms with Crippen LogP contribution in [0.4, 0.5) is 0 Å². The van der Waals surface area contributed by atoms with Crippen LogP contribution < -0.4 is 9.47 Å². The first-order chi connectivity index (χ1) is 17.5. The molecule has 1 aliphatic heterocycles. The van der Waals surface area contributed by atoms with Crippen LogP contribution in [0.2, 0.25) is 5.02 Å². The summed E-state index contributed by atoms with van der Waals surface area (Å²) in [6, 6.07) is 13.5. The summed E-state index contributed by atoms with van der Waals surface area (Å²) in [6.07, 6.45) is 3.53. The summed E-state index contributed by atoms with van der Waals surface area (Å²) < 4.78 is 17.1. The average Bonchev–Trinajstić information content (AvgIpc) is 3.61. The van der Waals surface area contributed by atoms with E-state index in [0.29, 0.717) is 51.4 Å². The summed E-state index contributed by atoms with van der Waals surface area (Å²) in [6.45, 7) is 2.94. The van der Waals surface area contributed by atoms with E-state index in [9.17, 15) is 9.90 Å². The monoisotopic (exact) mass is 507 g/mol. The fourth-order valence-electron chi connectivity index (χ4n) is 4.48. The van der Waals surface area contributed by atoms with E-state index in [4.69, 9.17) is 25.5 Å². The first-order valence-electron chi connectivity index (χ1n) is 11.7. The van der Waals surface area contributed by atoms with Crippen LogP contribution in [0, 0.1) is 0 Å². The van der Waals surface area contributed by atoms with E-state index in [-0.39, 0.29) is 18.2 Å². The minimum atomic E-state index is -0.525. The van der Waals surface area contributed by atoms with Gasteiger partial charge >= 0.3 is 0 Å². The molecular formula is C27H26ClN3O5. The van der Waals surface area contributed by atoms with Crippen molar-refractivity contribution in [2.24, 2.45) is 0 Å². The van der Waals surface area contributed by atoms with Crippen molar-refractivity contribution in [3.63, 3.8) is 0 Å². The van der Waals surface area contributed by atoms with Crippen molar-refractivity contribution >= 4 is 17.5 Å². The lowest BCUT2D eigenvalue weighted by atomic mass is 9.95. The predicted octanol–water partition coefficient (Wildman–Crippen LogP) is 5.96. The smallest absolute Gasteiger partial charge is 0.273 e. The van der Waals surface area contributed by atoms with Gasteiger partial charge < -0.3 is 23.9 Å². The predicted molar refractivity (Wildman–Crippen MR) is 135 cm³/mol. The van der Waals surface area contributed by atoms with Crippen molar-refractivity contribution < 1.29 is 23.8 Å². The molecule has 0 aliphatic carbocycles. The third-order valence-electron chi connectivity index (χ3n) is 6.24. The number of rotatable bonds is 9. The van der Waals surface area contributed by atoms with Gasteiger partial charge in [-0.05, 0) is 54.4 Å². The number of phenolic OH excluding ortho intramolecular Hbond substituents is 1. The van der Waals surface area contributed by atoms with Gasteiger partial charge in [0, 0.05) is 16.1 Å². The Balaban J connectivity index is 1.63. The SMILES string of the molecule is CCCCOc1ccc(C2c3c(-c4cc(Cl)ccc4O)n[nH]c3C(=O)N2Cc2ccco2)cc1OC. The molecule has 9 heteroatoms. The fourth-order valence-corrected chi connectivity index (χ4v) is 4.65. The Morgan fingerprint density at radius 3 is 2.81 bits per heavy atom. The molecular weight excluding hydrogens is 482 g/mol. The number of carbonyl (C=O) groups is 1. The number of carbonyl (C=O) groups excluding carboxylic acids is 1. The molecule has 0 radical (unpaired) electrons. The largest absolute Gasteiger partial charge is 0.507 e. The molecule has 0 fully saturated rings. The van der Waals surface area contributed by atoms with E-state index >= 15 is 0 Å². The molecule has 1 atom stereocenters. The molecule has 186 valence electrons. The number of benzene rings is 2. The second-order valence-corrected chi connectivity index (χ2v) is 8.99. The first kappa shape index (κ1) is 23.8. The lowest BCUT2D eigenvalue weighted by molar-refractivity contribution is 0.0716. The van der Waals surface area contributed by atoms with Gasteiger partial charge in [0.25, 0.3) is 5.91 Å². The van der Waals surface area contributed by atoms with Crippen molar-refractivity contribution in [2.75, 3.05) is 13.7 Å². The molecule has 5 rings (SSSR count). The molecule has 2 aromatic carbocycles. The summed E-state index contributed by atoms with van der Waals surface area (Å²) in [5, 5.41) is 18.3. The standard InChI is InChI=1S/C27H26ClN3O5/c1-3-4-11-36-21-10-7-16(13-22(21)34-2)26-23-24(19-14-17(28)8-9-20(19)32)29-30-25(23)27(33)31(26)15-18-6-5-12-35-18/h5-10,12-14,26,32H,3-4,11,15H2,1-2H3,(H,29,30). The highest BCUT2D eigenvalue weighted by Gasteiger charge is 2.43. The third kappa shape index (κ3) is 4.28. The van der Waals surface area contributed by atoms with Crippen molar-refractivity contribution in [2.45, 2.75) is 32.4 Å². The Hall–Kier alpha value is -3.91.